The summed E-state index contributed by atoms with van der Waals surface area (Å²) in [5.41, 5.74) is 4.41. The van der Waals surface area contributed by atoms with E-state index in [9.17, 15) is 18.8 Å². The molecular formula is C27H30FN3O4. The Kier molecular flexibility index (Phi) is 6.32. The molecule has 2 fully saturated rings. The number of imide groups is 1. The van der Waals surface area contributed by atoms with Gasteiger partial charge >= 0.3 is 0 Å². The molecule has 2 aromatic rings. The standard InChI is InChI=1S/C27H30FN3O4/c1-16-9-17(11-20(10-16)35-2)14-30-7-5-18(6-8-30)21-12-19(28)13-22-23(21)15-31(27(22)34)24-3-4-25(32)29-26(24)33/h9-13,18,24H,3-8,14-15H2,1-2H3,(H,29,32,33). The Bertz CT molecular complexity index is 1190. The maximum atomic E-state index is 14.6. The third-order valence-electron chi connectivity index (χ3n) is 7.44. The van der Waals surface area contributed by atoms with E-state index in [0.717, 1.165) is 54.9 Å². The first-order valence-corrected chi connectivity index (χ1v) is 12.2. The Morgan fingerprint density at radius 2 is 1.83 bits per heavy atom. The fourth-order valence-electron chi connectivity index (χ4n) is 5.71. The smallest absolute Gasteiger partial charge is 0.255 e. The first kappa shape index (κ1) is 23.5. The highest BCUT2D eigenvalue weighted by Gasteiger charge is 2.41. The molecule has 2 aromatic carbocycles. The van der Waals surface area contributed by atoms with Gasteiger partial charge in [0, 0.05) is 25.1 Å². The van der Waals surface area contributed by atoms with Gasteiger partial charge in [-0.2, -0.15) is 0 Å². The molecule has 1 N–H and O–H groups in total. The molecule has 0 aromatic heterocycles. The van der Waals surface area contributed by atoms with Crippen LogP contribution in [0.4, 0.5) is 4.39 Å². The minimum atomic E-state index is -0.698. The number of benzene rings is 2. The number of nitrogens with one attached hydrogen (secondary N) is 1. The molecule has 0 bridgehead atoms. The number of amides is 3. The molecule has 3 aliphatic heterocycles. The van der Waals surface area contributed by atoms with E-state index in [-0.39, 0.29) is 30.7 Å². The van der Waals surface area contributed by atoms with Gasteiger partial charge in [0.2, 0.25) is 11.8 Å². The van der Waals surface area contributed by atoms with Crippen LogP contribution >= 0.6 is 0 Å². The van der Waals surface area contributed by atoms with Crippen molar-refractivity contribution < 1.29 is 23.5 Å². The highest BCUT2D eigenvalue weighted by atomic mass is 19.1. The Morgan fingerprint density at radius 1 is 1.06 bits per heavy atom. The summed E-state index contributed by atoms with van der Waals surface area (Å²) in [7, 11) is 1.67. The van der Waals surface area contributed by atoms with E-state index in [1.165, 1.54) is 16.5 Å². The molecule has 35 heavy (non-hydrogen) atoms. The lowest BCUT2D eigenvalue weighted by Gasteiger charge is -2.33. The maximum Gasteiger partial charge on any atom is 0.255 e. The van der Waals surface area contributed by atoms with Crippen molar-refractivity contribution in [1.29, 1.82) is 0 Å². The van der Waals surface area contributed by atoms with Crippen LogP contribution in [0.5, 0.6) is 5.75 Å². The second kappa shape index (κ2) is 9.41. The summed E-state index contributed by atoms with van der Waals surface area (Å²) in [6.07, 6.45) is 2.23. The summed E-state index contributed by atoms with van der Waals surface area (Å²) in [5.74, 6) is -0.524. The quantitative estimate of drug-likeness (QED) is 0.666. The molecule has 2 saturated heterocycles. The van der Waals surface area contributed by atoms with Crippen LogP contribution in [0, 0.1) is 12.7 Å². The van der Waals surface area contributed by atoms with Crippen molar-refractivity contribution >= 4 is 17.7 Å². The van der Waals surface area contributed by atoms with Crippen LogP contribution in [-0.2, 0) is 22.7 Å². The molecule has 0 aliphatic carbocycles. The number of nitrogens with zero attached hydrogens (tertiary/aromatic N) is 2. The number of methoxy groups -OCH3 is 1. The number of hydrogen-bond acceptors (Lipinski definition) is 5. The molecular weight excluding hydrogens is 449 g/mol. The van der Waals surface area contributed by atoms with E-state index in [1.807, 2.05) is 6.07 Å². The van der Waals surface area contributed by atoms with Gasteiger partial charge in [0.25, 0.3) is 5.91 Å². The average Bonchev–Trinajstić information content (AvgIpc) is 3.14. The number of halogens is 1. The van der Waals surface area contributed by atoms with Crippen molar-refractivity contribution in [3.05, 3.63) is 64.0 Å². The second-order valence-corrected chi connectivity index (χ2v) is 9.83. The van der Waals surface area contributed by atoms with E-state index in [2.05, 4.69) is 29.3 Å². The number of carbonyl (C=O) groups is 3. The minimum absolute atomic E-state index is 0.150. The van der Waals surface area contributed by atoms with Crippen LogP contribution in [0.3, 0.4) is 0 Å². The molecule has 3 aliphatic rings. The molecule has 0 radical (unpaired) electrons. The first-order valence-electron chi connectivity index (χ1n) is 12.2. The van der Waals surface area contributed by atoms with E-state index in [0.29, 0.717) is 12.0 Å². The molecule has 7 nitrogen and oxygen atoms in total. The van der Waals surface area contributed by atoms with Crippen LogP contribution in [0.2, 0.25) is 0 Å². The summed E-state index contributed by atoms with van der Waals surface area (Å²) in [5, 5.41) is 2.32. The van der Waals surface area contributed by atoms with Gasteiger partial charge in [0.1, 0.15) is 17.6 Å². The highest BCUT2D eigenvalue weighted by molar-refractivity contribution is 6.05. The zero-order valence-electron chi connectivity index (χ0n) is 20.1. The molecule has 3 amide bonds. The summed E-state index contributed by atoms with van der Waals surface area (Å²) >= 11 is 0. The van der Waals surface area contributed by atoms with Gasteiger partial charge in [-0.1, -0.05) is 6.07 Å². The lowest BCUT2D eigenvalue weighted by atomic mass is 9.85. The van der Waals surface area contributed by atoms with E-state index >= 15 is 0 Å². The summed E-state index contributed by atoms with van der Waals surface area (Å²) < 4.78 is 20.0. The van der Waals surface area contributed by atoms with Crippen LogP contribution in [0.1, 0.15) is 64.2 Å². The van der Waals surface area contributed by atoms with E-state index < -0.39 is 17.8 Å². The van der Waals surface area contributed by atoms with E-state index in [1.54, 1.807) is 13.2 Å². The summed E-state index contributed by atoms with van der Waals surface area (Å²) in [6, 6.07) is 8.40. The molecule has 5 rings (SSSR count). The summed E-state index contributed by atoms with van der Waals surface area (Å²) in [4.78, 5) is 40.9. The van der Waals surface area contributed by atoms with Crippen molar-refractivity contribution in [2.24, 2.45) is 0 Å². The number of ether oxygens (including phenoxy) is 1. The van der Waals surface area contributed by atoms with Crippen LogP contribution in [0.25, 0.3) is 0 Å². The lowest BCUT2D eigenvalue weighted by molar-refractivity contribution is -0.136. The fraction of sp³-hybridized carbons (Fsp3) is 0.444. The SMILES string of the molecule is COc1cc(C)cc(CN2CCC(c3cc(F)cc4c3CN(C3CCC(=O)NC3=O)C4=O)CC2)c1. The normalized spacial score (nSPS) is 21.3. The van der Waals surface area contributed by atoms with Gasteiger partial charge in [-0.3, -0.25) is 24.6 Å². The van der Waals surface area contributed by atoms with Gasteiger partial charge < -0.3 is 9.64 Å². The van der Waals surface area contributed by atoms with Gasteiger partial charge in [-0.05, 0) is 91.7 Å². The zero-order chi connectivity index (χ0) is 24.7. The van der Waals surface area contributed by atoms with Crippen LogP contribution in [0.15, 0.2) is 30.3 Å². The number of rotatable bonds is 5. The number of likely N-dealkylation sites (tertiary alicyclic amines) is 1. The molecule has 8 heteroatoms. The van der Waals surface area contributed by atoms with Crippen molar-refractivity contribution in [3.63, 3.8) is 0 Å². The minimum Gasteiger partial charge on any atom is -0.497 e. The number of piperidine rings is 2. The predicted molar refractivity (Wildman–Crippen MR) is 127 cm³/mol. The third kappa shape index (κ3) is 4.67. The third-order valence-corrected chi connectivity index (χ3v) is 7.44. The van der Waals surface area contributed by atoms with Crippen molar-refractivity contribution in [2.45, 2.75) is 57.7 Å². The molecule has 1 unspecified atom stereocenters. The van der Waals surface area contributed by atoms with Crippen LogP contribution < -0.4 is 10.1 Å². The Labute approximate surface area is 204 Å². The first-order chi connectivity index (χ1) is 16.8. The van der Waals surface area contributed by atoms with Gasteiger partial charge in [0.05, 0.1) is 7.11 Å². The van der Waals surface area contributed by atoms with Crippen LogP contribution in [-0.4, -0.2) is 53.8 Å². The largest absolute Gasteiger partial charge is 0.497 e. The van der Waals surface area contributed by atoms with Crippen molar-refractivity contribution in [2.75, 3.05) is 20.2 Å². The molecule has 0 spiro atoms. The topological polar surface area (TPSA) is 79.0 Å². The van der Waals surface area contributed by atoms with Gasteiger partial charge in [-0.15, -0.1) is 0 Å². The highest BCUT2D eigenvalue weighted by Crippen LogP contribution is 2.38. The Morgan fingerprint density at radius 3 is 2.54 bits per heavy atom. The Balaban J connectivity index is 1.30. The fourth-order valence-corrected chi connectivity index (χ4v) is 5.71. The van der Waals surface area contributed by atoms with Crippen molar-refractivity contribution in [3.8, 4) is 5.75 Å². The number of carbonyl (C=O) groups excluding carboxylic acids is 3. The predicted octanol–water partition coefficient (Wildman–Crippen LogP) is 3.28. The Hall–Kier alpha value is -3.26. The number of aryl methyl sites for hydroxylation is 1. The molecule has 184 valence electrons. The van der Waals surface area contributed by atoms with Crippen molar-refractivity contribution in [1.82, 2.24) is 15.1 Å². The molecule has 0 saturated carbocycles. The van der Waals surface area contributed by atoms with Gasteiger partial charge in [0.15, 0.2) is 0 Å². The second-order valence-electron chi connectivity index (χ2n) is 9.83. The van der Waals surface area contributed by atoms with Gasteiger partial charge in [-0.25, -0.2) is 4.39 Å². The lowest BCUT2D eigenvalue weighted by Crippen LogP contribution is -2.52. The average molecular weight is 480 g/mol. The monoisotopic (exact) mass is 479 g/mol. The maximum absolute atomic E-state index is 14.6. The van der Waals surface area contributed by atoms with E-state index in [4.69, 9.17) is 4.74 Å². The molecule has 3 heterocycles. The zero-order valence-corrected chi connectivity index (χ0v) is 20.1. The molecule has 1 atom stereocenters. The summed E-state index contributed by atoms with van der Waals surface area (Å²) in [6.45, 7) is 4.91. The number of hydrogen-bond donors (Lipinski definition) is 1. The number of fused-ring (bicyclic) bond motifs is 1.